The minimum absolute atomic E-state index is 0.0703. The highest BCUT2D eigenvalue weighted by Crippen LogP contribution is 2.39. The maximum atomic E-state index is 12.6. The lowest BCUT2D eigenvalue weighted by molar-refractivity contribution is -0.284. The van der Waals surface area contributed by atoms with Gasteiger partial charge in [-0.1, -0.05) is 32.1 Å². The van der Waals surface area contributed by atoms with Crippen LogP contribution in [0, 0.1) is 0 Å². The highest BCUT2D eigenvalue weighted by molar-refractivity contribution is 4.75. The monoisotopic (exact) mass is 346 g/mol. The van der Waals surface area contributed by atoms with Crippen molar-refractivity contribution in [2.45, 2.75) is 89.0 Å². The molecule has 1 atom stereocenters. The minimum Gasteiger partial charge on any atom is -0.353 e. The second-order valence-corrected chi connectivity index (χ2v) is 6.09. The number of unbranched alkanes of at least 4 members (excludes halogenated alkanes) is 6. The van der Waals surface area contributed by atoms with Crippen LogP contribution in [0.25, 0.3) is 0 Å². The van der Waals surface area contributed by atoms with Crippen LogP contribution in [0.15, 0.2) is 0 Å². The van der Waals surface area contributed by atoms with E-state index in [9.17, 15) is 22.0 Å². The van der Waals surface area contributed by atoms with Crippen molar-refractivity contribution in [2.24, 2.45) is 0 Å². The van der Waals surface area contributed by atoms with Crippen LogP contribution < -0.4 is 0 Å². The molecule has 0 radical (unpaired) electrons. The molecule has 0 aromatic heterocycles. The van der Waals surface area contributed by atoms with E-state index in [1.165, 1.54) is 0 Å². The Labute approximate surface area is 134 Å². The molecule has 0 spiro atoms. The van der Waals surface area contributed by atoms with E-state index in [-0.39, 0.29) is 12.7 Å². The Hall–Kier alpha value is -0.430. The third-order valence-corrected chi connectivity index (χ3v) is 3.99. The van der Waals surface area contributed by atoms with E-state index in [1.807, 2.05) is 0 Å². The average molecular weight is 346 g/mol. The zero-order valence-electron chi connectivity index (χ0n) is 13.5. The average Bonchev–Trinajstić information content (AvgIpc) is 2.49. The van der Waals surface area contributed by atoms with Crippen LogP contribution in [0.3, 0.4) is 0 Å². The molecule has 1 unspecified atom stereocenters. The second-order valence-electron chi connectivity index (χ2n) is 6.09. The fourth-order valence-electron chi connectivity index (χ4n) is 2.53. The first-order valence-corrected chi connectivity index (χ1v) is 8.51. The molecular weight excluding hydrogens is 319 g/mol. The molecule has 0 saturated carbocycles. The van der Waals surface area contributed by atoms with Crippen molar-refractivity contribution >= 4 is 0 Å². The van der Waals surface area contributed by atoms with Gasteiger partial charge in [0.05, 0.1) is 0 Å². The zero-order chi connectivity index (χ0) is 17.2. The largest absolute Gasteiger partial charge is 0.453 e. The van der Waals surface area contributed by atoms with Crippen LogP contribution >= 0.6 is 0 Å². The van der Waals surface area contributed by atoms with Gasteiger partial charge in [0.25, 0.3) is 0 Å². The van der Waals surface area contributed by atoms with Crippen LogP contribution in [0.1, 0.15) is 70.6 Å². The van der Waals surface area contributed by atoms with Gasteiger partial charge >= 0.3 is 12.1 Å². The molecule has 0 aliphatic carbocycles. The summed E-state index contributed by atoms with van der Waals surface area (Å²) in [5.41, 5.74) is 0. The molecule has 1 heterocycles. The summed E-state index contributed by atoms with van der Waals surface area (Å²) in [4.78, 5) is 0. The molecule has 7 heteroatoms. The Morgan fingerprint density at radius 1 is 0.826 bits per heavy atom. The van der Waals surface area contributed by atoms with Crippen molar-refractivity contribution in [3.05, 3.63) is 0 Å². The van der Waals surface area contributed by atoms with E-state index >= 15 is 0 Å². The van der Waals surface area contributed by atoms with Crippen molar-refractivity contribution in [2.75, 3.05) is 13.2 Å². The topological polar surface area (TPSA) is 18.5 Å². The standard InChI is InChI=1S/C16H27F5O2/c17-15(18,16(19,20)21)11-7-4-2-1-3-5-8-12-22-14-10-6-9-13-23-14/h14H,1-13H2. The molecule has 1 fully saturated rings. The van der Waals surface area contributed by atoms with Crippen LogP contribution in [-0.4, -0.2) is 31.6 Å². The summed E-state index contributed by atoms with van der Waals surface area (Å²) < 4.78 is 72.2. The fourth-order valence-corrected chi connectivity index (χ4v) is 2.53. The van der Waals surface area contributed by atoms with Gasteiger partial charge in [-0.25, -0.2) is 0 Å². The molecule has 1 rings (SSSR count). The summed E-state index contributed by atoms with van der Waals surface area (Å²) in [6, 6.07) is 0. The number of rotatable bonds is 11. The summed E-state index contributed by atoms with van der Waals surface area (Å²) in [6.07, 6.45) is 1.31. The highest BCUT2D eigenvalue weighted by atomic mass is 19.4. The maximum absolute atomic E-state index is 12.6. The van der Waals surface area contributed by atoms with Crippen molar-refractivity contribution < 1.29 is 31.4 Å². The number of hydrogen-bond acceptors (Lipinski definition) is 2. The molecule has 0 aromatic rings. The third-order valence-electron chi connectivity index (χ3n) is 3.99. The summed E-state index contributed by atoms with van der Waals surface area (Å²) >= 11 is 0. The number of halogens is 5. The summed E-state index contributed by atoms with van der Waals surface area (Å²) in [5.74, 6) is -4.55. The normalized spacial score (nSPS) is 20.0. The Morgan fingerprint density at radius 2 is 1.43 bits per heavy atom. The van der Waals surface area contributed by atoms with Crippen LogP contribution in [-0.2, 0) is 9.47 Å². The van der Waals surface area contributed by atoms with Gasteiger partial charge < -0.3 is 9.47 Å². The Bertz CT molecular complexity index is 301. The van der Waals surface area contributed by atoms with E-state index in [2.05, 4.69) is 0 Å². The number of alkyl halides is 5. The predicted octanol–water partition coefficient (Wildman–Crippen LogP) is 5.85. The summed E-state index contributed by atoms with van der Waals surface area (Å²) in [7, 11) is 0. The molecule has 1 aliphatic rings. The van der Waals surface area contributed by atoms with Crippen molar-refractivity contribution in [1.29, 1.82) is 0 Å². The SMILES string of the molecule is FC(F)(F)C(F)(F)CCCCCCCCCOC1CCCCO1. The molecule has 2 nitrogen and oxygen atoms in total. The fraction of sp³-hybridized carbons (Fsp3) is 1.00. The Kier molecular flexibility index (Phi) is 9.36. The van der Waals surface area contributed by atoms with Gasteiger partial charge in [0, 0.05) is 19.6 Å². The lowest BCUT2D eigenvalue weighted by Gasteiger charge is -2.22. The van der Waals surface area contributed by atoms with Gasteiger partial charge in [0.15, 0.2) is 6.29 Å². The van der Waals surface area contributed by atoms with E-state index in [0.29, 0.717) is 19.4 Å². The zero-order valence-corrected chi connectivity index (χ0v) is 13.5. The van der Waals surface area contributed by atoms with Crippen LogP contribution in [0.4, 0.5) is 22.0 Å². The summed E-state index contributed by atoms with van der Waals surface area (Å²) in [6.45, 7) is 1.42. The van der Waals surface area contributed by atoms with Gasteiger partial charge in [0.1, 0.15) is 0 Å². The first kappa shape index (κ1) is 20.6. The Morgan fingerprint density at radius 3 is 2.00 bits per heavy atom. The van der Waals surface area contributed by atoms with Gasteiger partial charge in [-0.2, -0.15) is 22.0 Å². The molecule has 1 aliphatic heterocycles. The van der Waals surface area contributed by atoms with Crippen LogP contribution in [0.5, 0.6) is 0 Å². The first-order chi connectivity index (χ1) is 10.8. The lowest BCUT2D eigenvalue weighted by Crippen LogP contribution is -2.36. The van der Waals surface area contributed by atoms with E-state index < -0.39 is 18.5 Å². The lowest BCUT2D eigenvalue weighted by atomic mass is 10.1. The first-order valence-electron chi connectivity index (χ1n) is 8.51. The molecular formula is C16H27F5O2. The van der Waals surface area contributed by atoms with E-state index in [0.717, 1.165) is 51.6 Å². The van der Waals surface area contributed by atoms with Crippen molar-refractivity contribution in [1.82, 2.24) is 0 Å². The second kappa shape index (κ2) is 10.4. The van der Waals surface area contributed by atoms with E-state index in [1.54, 1.807) is 0 Å². The predicted molar refractivity (Wildman–Crippen MR) is 77.5 cm³/mol. The summed E-state index contributed by atoms with van der Waals surface area (Å²) in [5, 5.41) is 0. The van der Waals surface area contributed by atoms with Gasteiger partial charge in [-0.3, -0.25) is 0 Å². The Balaban J connectivity index is 1.86. The molecule has 0 amide bonds. The van der Waals surface area contributed by atoms with Crippen molar-refractivity contribution in [3.8, 4) is 0 Å². The van der Waals surface area contributed by atoms with E-state index in [4.69, 9.17) is 9.47 Å². The molecule has 23 heavy (non-hydrogen) atoms. The molecule has 0 aromatic carbocycles. The van der Waals surface area contributed by atoms with Gasteiger partial charge in [-0.15, -0.1) is 0 Å². The third kappa shape index (κ3) is 8.84. The van der Waals surface area contributed by atoms with Gasteiger partial charge in [0.2, 0.25) is 0 Å². The highest BCUT2D eigenvalue weighted by Gasteiger charge is 2.56. The maximum Gasteiger partial charge on any atom is 0.453 e. The molecule has 0 N–H and O–H groups in total. The smallest absolute Gasteiger partial charge is 0.353 e. The van der Waals surface area contributed by atoms with Crippen LogP contribution in [0.2, 0.25) is 0 Å². The van der Waals surface area contributed by atoms with Gasteiger partial charge in [-0.05, 0) is 32.1 Å². The minimum atomic E-state index is -5.42. The van der Waals surface area contributed by atoms with Crippen molar-refractivity contribution in [3.63, 3.8) is 0 Å². The number of hydrogen-bond donors (Lipinski definition) is 0. The molecule has 138 valence electrons. The molecule has 0 bridgehead atoms. The number of ether oxygens (including phenoxy) is 2. The quantitative estimate of drug-likeness (QED) is 0.345. The molecule has 1 saturated heterocycles.